The van der Waals surface area contributed by atoms with Crippen molar-refractivity contribution in [3.63, 3.8) is 0 Å². The molecule has 1 aromatic heterocycles. The van der Waals surface area contributed by atoms with E-state index in [0.29, 0.717) is 18.0 Å². The van der Waals surface area contributed by atoms with Gasteiger partial charge >= 0.3 is 0 Å². The zero-order valence-electron chi connectivity index (χ0n) is 8.11. The topological polar surface area (TPSA) is 81.2 Å². The number of nitrogens with zero attached hydrogens (tertiary/aromatic N) is 1. The summed E-state index contributed by atoms with van der Waals surface area (Å²) in [5.74, 6) is 0.269. The van der Waals surface area contributed by atoms with Crippen LogP contribution < -0.4 is 11.1 Å². The lowest BCUT2D eigenvalue weighted by Crippen LogP contribution is -2.38. The van der Waals surface area contributed by atoms with Crippen LogP contribution in [0.5, 0.6) is 0 Å². The van der Waals surface area contributed by atoms with Crippen LogP contribution >= 0.6 is 12.4 Å². The number of carbonyl (C=O) groups excluding carboxylic acids is 1. The first kappa shape index (κ1) is 12.9. The second kappa shape index (κ2) is 5.62. The molecule has 0 aliphatic carbocycles. The van der Waals surface area contributed by atoms with E-state index in [1.165, 1.54) is 6.39 Å². The van der Waals surface area contributed by atoms with Gasteiger partial charge in [-0.1, -0.05) is 0 Å². The van der Waals surface area contributed by atoms with E-state index in [1.807, 2.05) is 6.92 Å². The number of halogens is 1. The monoisotopic (exact) mass is 219 g/mol. The predicted octanol–water partition coefficient (Wildman–Crippen LogP) is 0.482. The lowest BCUT2D eigenvalue weighted by Gasteiger charge is -2.09. The van der Waals surface area contributed by atoms with Crippen molar-refractivity contribution in [1.82, 2.24) is 10.3 Å². The smallest absolute Gasteiger partial charge is 0.273 e. The van der Waals surface area contributed by atoms with Crippen molar-refractivity contribution in [1.29, 1.82) is 0 Å². The van der Waals surface area contributed by atoms with Crippen molar-refractivity contribution >= 4 is 18.3 Å². The summed E-state index contributed by atoms with van der Waals surface area (Å²) < 4.78 is 4.90. The number of nitrogens with one attached hydrogen (secondary N) is 1. The van der Waals surface area contributed by atoms with Gasteiger partial charge in [-0.25, -0.2) is 4.98 Å². The van der Waals surface area contributed by atoms with Gasteiger partial charge in [0.25, 0.3) is 5.91 Å². The summed E-state index contributed by atoms with van der Waals surface area (Å²) in [6, 6.07) is -0.0522. The quantitative estimate of drug-likeness (QED) is 0.775. The Kier molecular flexibility index (Phi) is 5.19. The van der Waals surface area contributed by atoms with Crippen LogP contribution in [-0.2, 0) is 0 Å². The highest BCUT2D eigenvalue weighted by atomic mass is 35.5. The first-order valence-electron chi connectivity index (χ1n) is 4.06. The van der Waals surface area contributed by atoms with Crippen LogP contribution in [0.1, 0.15) is 23.2 Å². The zero-order chi connectivity index (χ0) is 9.84. The van der Waals surface area contributed by atoms with E-state index in [-0.39, 0.29) is 24.4 Å². The average Bonchev–Trinajstić information content (AvgIpc) is 2.51. The number of nitrogens with two attached hydrogens (primary N) is 1. The van der Waals surface area contributed by atoms with Crippen LogP contribution in [0.25, 0.3) is 0 Å². The number of amides is 1. The Bertz CT molecular complexity index is 301. The molecule has 0 fully saturated rings. The van der Waals surface area contributed by atoms with E-state index in [2.05, 4.69) is 10.3 Å². The lowest BCUT2D eigenvalue weighted by atomic mass is 10.3. The number of aryl methyl sites for hydroxylation is 1. The van der Waals surface area contributed by atoms with Crippen LogP contribution in [-0.4, -0.2) is 23.5 Å². The molecule has 0 aromatic carbocycles. The Morgan fingerprint density at radius 3 is 2.86 bits per heavy atom. The third kappa shape index (κ3) is 3.01. The van der Waals surface area contributed by atoms with Gasteiger partial charge in [0.05, 0.1) is 0 Å². The van der Waals surface area contributed by atoms with Gasteiger partial charge in [0.1, 0.15) is 5.76 Å². The van der Waals surface area contributed by atoms with E-state index in [9.17, 15) is 4.79 Å². The Labute approximate surface area is 88.5 Å². The molecule has 0 bridgehead atoms. The lowest BCUT2D eigenvalue weighted by molar-refractivity contribution is 0.0935. The first-order chi connectivity index (χ1) is 6.15. The highest BCUT2D eigenvalue weighted by Gasteiger charge is 2.14. The normalized spacial score (nSPS) is 11.6. The molecule has 0 aliphatic rings. The third-order valence-electron chi connectivity index (χ3n) is 1.69. The Hall–Kier alpha value is -1.07. The number of oxazole rings is 1. The summed E-state index contributed by atoms with van der Waals surface area (Å²) in [7, 11) is 0. The Morgan fingerprint density at radius 1 is 1.79 bits per heavy atom. The van der Waals surface area contributed by atoms with Crippen LogP contribution in [0.2, 0.25) is 0 Å². The van der Waals surface area contributed by atoms with E-state index < -0.39 is 0 Å². The van der Waals surface area contributed by atoms with Crippen LogP contribution in [0.15, 0.2) is 10.8 Å². The fraction of sp³-hybridized carbons (Fsp3) is 0.500. The van der Waals surface area contributed by atoms with Crippen LogP contribution in [0, 0.1) is 6.92 Å². The summed E-state index contributed by atoms with van der Waals surface area (Å²) in [4.78, 5) is 15.2. The average molecular weight is 220 g/mol. The molecule has 0 radical (unpaired) electrons. The zero-order valence-corrected chi connectivity index (χ0v) is 8.93. The number of aromatic nitrogens is 1. The molecule has 14 heavy (non-hydrogen) atoms. The molecule has 6 heteroatoms. The minimum Gasteiger partial charge on any atom is -0.448 e. The maximum atomic E-state index is 11.4. The summed E-state index contributed by atoms with van der Waals surface area (Å²) in [5.41, 5.74) is 5.67. The van der Waals surface area contributed by atoms with Crippen molar-refractivity contribution in [2.24, 2.45) is 5.73 Å². The molecule has 0 saturated heterocycles. The highest BCUT2D eigenvalue weighted by Crippen LogP contribution is 2.03. The van der Waals surface area contributed by atoms with Gasteiger partial charge in [0.2, 0.25) is 0 Å². The molecule has 1 rings (SSSR count). The summed E-state index contributed by atoms with van der Waals surface area (Å²) in [5, 5.41) is 2.69. The van der Waals surface area contributed by atoms with Gasteiger partial charge in [0.15, 0.2) is 12.1 Å². The molecule has 1 heterocycles. The SMILES string of the molecule is Cc1ocnc1C(=O)N[C@H](C)CN.Cl. The highest BCUT2D eigenvalue weighted by molar-refractivity contribution is 5.93. The molecule has 0 spiro atoms. The largest absolute Gasteiger partial charge is 0.448 e. The van der Waals surface area contributed by atoms with Crippen molar-refractivity contribution in [3.05, 3.63) is 17.8 Å². The Balaban J connectivity index is 0.00000169. The van der Waals surface area contributed by atoms with Gasteiger partial charge in [-0.15, -0.1) is 12.4 Å². The van der Waals surface area contributed by atoms with Gasteiger partial charge in [-0.05, 0) is 13.8 Å². The van der Waals surface area contributed by atoms with Gasteiger partial charge in [-0.3, -0.25) is 4.79 Å². The van der Waals surface area contributed by atoms with Crippen molar-refractivity contribution in [2.45, 2.75) is 19.9 Å². The molecule has 0 saturated carbocycles. The fourth-order valence-electron chi connectivity index (χ4n) is 0.874. The minimum absolute atomic E-state index is 0. The molecule has 1 amide bonds. The Morgan fingerprint density at radius 2 is 2.43 bits per heavy atom. The molecular weight excluding hydrogens is 206 g/mol. The molecule has 5 nitrogen and oxygen atoms in total. The second-order valence-electron chi connectivity index (χ2n) is 2.87. The van der Waals surface area contributed by atoms with Gasteiger partial charge in [0, 0.05) is 12.6 Å². The van der Waals surface area contributed by atoms with Crippen LogP contribution in [0.3, 0.4) is 0 Å². The molecule has 1 aromatic rings. The molecule has 3 N–H and O–H groups in total. The van der Waals surface area contributed by atoms with E-state index in [4.69, 9.17) is 10.2 Å². The maximum absolute atomic E-state index is 11.4. The summed E-state index contributed by atoms with van der Waals surface area (Å²) in [6.45, 7) is 3.92. The molecular formula is C8H14ClN3O2. The number of carbonyl (C=O) groups is 1. The number of hydrogen-bond acceptors (Lipinski definition) is 4. The minimum atomic E-state index is -0.246. The van der Waals surface area contributed by atoms with Crippen LogP contribution in [0.4, 0.5) is 0 Å². The predicted molar refractivity (Wildman–Crippen MR) is 54.5 cm³/mol. The molecule has 80 valence electrons. The summed E-state index contributed by atoms with van der Waals surface area (Å²) in [6.07, 6.45) is 1.25. The van der Waals surface area contributed by atoms with Gasteiger partial charge < -0.3 is 15.5 Å². The van der Waals surface area contributed by atoms with E-state index in [1.54, 1.807) is 6.92 Å². The fourth-order valence-corrected chi connectivity index (χ4v) is 0.874. The number of rotatable bonds is 3. The molecule has 0 unspecified atom stereocenters. The van der Waals surface area contributed by atoms with Gasteiger partial charge in [-0.2, -0.15) is 0 Å². The summed E-state index contributed by atoms with van der Waals surface area (Å²) >= 11 is 0. The third-order valence-corrected chi connectivity index (χ3v) is 1.69. The van der Waals surface area contributed by atoms with Crippen molar-refractivity contribution in [2.75, 3.05) is 6.54 Å². The molecule has 1 atom stereocenters. The van der Waals surface area contributed by atoms with E-state index in [0.717, 1.165) is 0 Å². The van der Waals surface area contributed by atoms with Crippen molar-refractivity contribution < 1.29 is 9.21 Å². The standard InChI is InChI=1S/C8H13N3O2.ClH/c1-5(3-9)11-8(12)7-6(2)13-4-10-7;/h4-5H,3,9H2,1-2H3,(H,11,12);1H/t5-;/m1./s1. The second-order valence-corrected chi connectivity index (χ2v) is 2.87. The molecule has 0 aliphatic heterocycles. The van der Waals surface area contributed by atoms with Crippen molar-refractivity contribution in [3.8, 4) is 0 Å². The van der Waals surface area contributed by atoms with E-state index >= 15 is 0 Å². The maximum Gasteiger partial charge on any atom is 0.273 e. The number of hydrogen-bond donors (Lipinski definition) is 2. The first-order valence-corrected chi connectivity index (χ1v) is 4.06.